The number of ether oxygens (including phenoxy) is 1. The quantitative estimate of drug-likeness (QED) is 0.626. The first-order valence-electron chi connectivity index (χ1n) is 7.05. The van der Waals surface area contributed by atoms with E-state index in [2.05, 4.69) is 10.4 Å². The van der Waals surface area contributed by atoms with Crippen LogP contribution in [0.4, 0.5) is 5.69 Å². The second-order valence-corrected chi connectivity index (χ2v) is 5.21. The fourth-order valence-corrected chi connectivity index (χ4v) is 2.54. The number of aryl methyl sites for hydroxylation is 1. The van der Waals surface area contributed by atoms with E-state index in [4.69, 9.17) is 4.74 Å². The van der Waals surface area contributed by atoms with Gasteiger partial charge in [-0.3, -0.25) is 19.6 Å². The molecule has 1 aromatic rings. The average Bonchev–Trinajstić information content (AvgIpc) is 2.99. The zero-order valence-electron chi connectivity index (χ0n) is 12.3. The maximum absolute atomic E-state index is 11.8. The molecule has 8 heteroatoms. The highest BCUT2D eigenvalue weighted by molar-refractivity contribution is 5.75. The Bertz CT molecular complexity index is 535. The Labute approximate surface area is 122 Å². The van der Waals surface area contributed by atoms with Crippen molar-refractivity contribution in [1.82, 2.24) is 15.1 Å². The molecule has 2 heterocycles. The van der Waals surface area contributed by atoms with Crippen LogP contribution in [0.25, 0.3) is 0 Å². The number of amides is 1. The van der Waals surface area contributed by atoms with Crippen LogP contribution in [-0.2, 0) is 16.1 Å². The molecule has 0 saturated carbocycles. The zero-order valence-corrected chi connectivity index (χ0v) is 12.3. The summed E-state index contributed by atoms with van der Waals surface area (Å²) >= 11 is 0. The molecule has 1 fully saturated rings. The minimum atomic E-state index is -0.469. The Hall–Kier alpha value is -1.96. The lowest BCUT2D eigenvalue weighted by Gasteiger charge is -2.10. The molecule has 1 unspecified atom stereocenters. The molecule has 1 N–H and O–H groups in total. The van der Waals surface area contributed by atoms with Crippen LogP contribution in [0.2, 0.25) is 0 Å². The fraction of sp³-hybridized carbons (Fsp3) is 0.692. The van der Waals surface area contributed by atoms with Crippen LogP contribution < -0.4 is 5.32 Å². The van der Waals surface area contributed by atoms with E-state index in [0.29, 0.717) is 17.9 Å². The second-order valence-electron chi connectivity index (χ2n) is 5.21. The topological polar surface area (TPSA) is 99.3 Å². The van der Waals surface area contributed by atoms with Crippen molar-refractivity contribution in [1.29, 1.82) is 0 Å². The zero-order chi connectivity index (χ0) is 15.4. The first kappa shape index (κ1) is 15.4. The van der Waals surface area contributed by atoms with Gasteiger partial charge >= 0.3 is 5.69 Å². The second kappa shape index (κ2) is 6.66. The van der Waals surface area contributed by atoms with E-state index in [1.54, 1.807) is 13.8 Å². The molecule has 1 atom stereocenters. The van der Waals surface area contributed by atoms with Crippen molar-refractivity contribution in [3.8, 4) is 0 Å². The van der Waals surface area contributed by atoms with Gasteiger partial charge in [-0.05, 0) is 33.1 Å². The minimum absolute atomic E-state index is 0.00790. The fourth-order valence-electron chi connectivity index (χ4n) is 2.54. The Kier molecular flexibility index (Phi) is 4.89. The van der Waals surface area contributed by atoms with Crippen molar-refractivity contribution in [2.75, 3.05) is 13.2 Å². The lowest BCUT2D eigenvalue weighted by atomic mass is 10.2. The Balaban J connectivity index is 1.85. The molecule has 116 valence electrons. The summed E-state index contributed by atoms with van der Waals surface area (Å²) in [7, 11) is 0. The molecule has 8 nitrogen and oxygen atoms in total. The van der Waals surface area contributed by atoms with Gasteiger partial charge in [0.1, 0.15) is 17.9 Å². The smallest absolute Gasteiger partial charge is 0.312 e. The summed E-state index contributed by atoms with van der Waals surface area (Å²) in [5, 5.41) is 17.7. The lowest BCUT2D eigenvalue weighted by molar-refractivity contribution is -0.386. The van der Waals surface area contributed by atoms with Crippen LogP contribution in [0.1, 0.15) is 30.7 Å². The highest BCUT2D eigenvalue weighted by Crippen LogP contribution is 2.21. The number of carbonyl (C=O) groups excluding carboxylic acids is 1. The highest BCUT2D eigenvalue weighted by Gasteiger charge is 2.22. The maximum atomic E-state index is 11.8. The van der Waals surface area contributed by atoms with E-state index >= 15 is 0 Å². The Morgan fingerprint density at radius 1 is 1.57 bits per heavy atom. The molecule has 21 heavy (non-hydrogen) atoms. The molecule has 0 bridgehead atoms. The van der Waals surface area contributed by atoms with Crippen LogP contribution in [0.3, 0.4) is 0 Å². The van der Waals surface area contributed by atoms with E-state index in [9.17, 15) is 14.9 Å². The van der Waals surface area contributed by atoms with E-state index in [1.165, 1.54) is 4.68 Å². The third kappa shape index (κ3) is 3.78. The number of hydrogen-bond acceptors (Lipinski definition) is 5. The van der Waals surface area contributed by atoms with E-state index in [0.717, 1.165) is 25.9 Å². The first-order chi connectivity index (χ1) is 9.99. The van der Waals surface area contributed by atoms with Crippen LogP contribution in [0.15, 0.2) is 0 Å². The monoisotopic (exact) mass is 296 g/mol. The third-order valence-corrected chi connectivity index (χ3v) is 3.63. The van der Waals surface area contributed by atoms with E-state index < -0.39 is 4.92 Å². The molecular formula is C13H20N4O4. The Morgan fingerprint density at radius 2 is 2.33 bits per heavy atom. The van der Waals surface area contributed by atoms with Gasteiger partial charge in [0, 0.05) is 13.2 Å². The van der Waals surface area contributed by atoms with E-state index in [1.807, 2.05) is 0 Å². The summed E-state index contributed by atoms with van der Waals surface area (Å²) in [6.07, 6.45) is 3.15. The molecular weight excluding hydrogens is 276 g/mol. The third-order valence-electron chi connectivity index (χ3n) is 3.63. The van der Waals surface area contributed by atoms with Gasteiger partial charge in [0.15, 0.2) is 0 Å². The number of hydrogen-bond donors (Lipinski definition) is 1. The number of aromatic nitrogens is 2. The van der Waals surface area contributed by atoms with Crippen molar-refractivity contribution < 1.29 is 14.5 Å². The van der Waals surface area contributed by atoms with Gasteiger partial charge in [0.05, 0.1) is 11.0 Å². The molecule has 1 aliphatic rings. The standard InChI is InChI=1S/C13H20N4O4/c1-9-13(17(19)20)10(2)16(15-9)8-12(18)14-6-5-11-4-3-7-21-11/h11H,3-8H2,1-2H3,(H,14,18). The van der Waals surface area contributed by atoms with Crippen molar-refractivity contribution in [2.24, 2.45) is 0 Å². The number of nitro groups is 1. The van der Waals surface area contributed by atoms with Crippen molar-refractivity contribution in [3.05, 3.63) is 21.5 Å². The molecule has 1 amide bonds. The summed E-state index contributed by atoms with van der Waals surface area (Å²) in [5.74, 6) is -0.200. The van der Waals surface area contributed by atoms with Crippen LogP contribution in [0.5, 0.6) is 0 Å². The van der Waals surface area contributed by atoms with Crippen LogP contribution >= 0.6 is 0 Å². The minimum Gasteiger partial charge on any atom is -0.378 e. The number of nitrogens with one attached hydrogen (secondary N) is 1. The van der Waals surface area contributed by atoms with Crippen molar-refractivity contribution in [3.63, 3.8) is 0 Å². The van der Waals surface area contributed by atoms with Gasteiger partial charge in [0.25, 0.3) is 0 Å². The highest BCUT2D eigenvalue weighted by atomic mass is 16.6. The summed E-state index contributed by atoms with van der Waals surface area (Å²) in [6, 6.07) is 0. The average molecular weight is 296 g/mol. The van der Waals surface area contributed by atoms with Gasteiger partial charge in [-0.1, -0.05) is 0 Å². The molecule has 0 aromatic carbocycles. The summed E-state index contributed by atoms with van der Waals surface area (Å²) in [4.78, 5) is 22.3. The molecule has 1 aromatic heterocycles. The first-order valence-corrected chi connectivity index (χ1v) is 7.05. The lowest BCUT2D eigenvalue weighted by Crippen LogP contribution is -2.30. The molecule has 1 saturated heterocycles. The predicted molar refractivity (Wildman–Crippen MR) is 75.0 cm³/mol. The molecule has 1 aliphatic heterocycles. The van der Waals surface area contributed by atoms with E-state index in [-0.39, 0.29) is 24.2 Å². The van der Waals surface area contributed by atoms with Gasteiger partial charge in [-0.25, -0.2) is 0 Å². The summed E-state index contributed by atoms with van der Waals surface area (Å²) < 4.78 is 6.84. The van der Waals surface area contributed by atoms with Gasteiger partial charge in [0.2, 0.25) is 5.91 Å². The van der Waals surface area contributed by atoms with Gasteiger partial charge in [-0.2, -0.15) is 5.10 Å². The normalized spacial score (nSPS) is 17.9. The van der Waals surface area contributed by atoms with Gasteiger partial charge < -0.3 is 10.1 Å². The molecule has 0 radical (unpaired) electrons. The van der Waals surface area contributed by atoms with Crippen molar-refractivity contribution in [2.45, 2.75) is 45.8 Å². The maximum Gasteiger partial charge on any atom is 0.312 e. The molecule has 0 aliphatic carbocycles. The number of rotatable bonds is 6. The largest absolute Gasteiger partial charge is 0.378 e. The summed E-state index contributed by atoms with van der Waals surface area (Å²) in [5.41, 5.74) is 0.693. The number of carbonyl (C=O) groups is 1. The molecule has 2 rings (SSSR count). The Morgan fingerprint density at radius 3 is 2.90 bits per heavy atom. The summed E-state index contributed by atoms with van der Waals surface area (Å²) in [6.45, 7) is 4.50. The molecule has 0 spiro atoms. The van der Waals surface area contributed by atoms with Gasteiger partial charge in [-0.15, -0.1) is 0 Å². The van der Waals surface area contributed by atoms with Crippen LogP contribution in [-0.4, -0.2) is 39.9 Å². The van der Waals surface area contributed by atoms with Crippen molar-refractivity contribution >= 4 is 11.6 Å². The predicted octanol–water partition coefficient (Wildman–Crippen LogP) is 1.09. The van der Waals surface area contributed by atoms with Crippen LogP contribution in [0, 0.1) is 24.0 Å². The SMILES string of the molecule is Cc1nn(CC(=O)NCCC2CCCO2)c(C)c1[N+](=O)[O-]. The number of nitrogens with zero attached hydrogens (tertiary/aromatic N) is 3.